The van der Waals surface area contributed by atoms with Crippen molar-refractivity contribution in [2.24, 2.45) is 0 Å². The summed E-state index contributed by atoms with van der Waals surface area (Å²) in [6, 6.07) is 49.0. The molecule has 0 fully saturated rings. The number of rotatable bonds is 3. The summed E-state index contributed by atoms with van der Waals surface area (Å²) in [6.45, 7) is 13.0. The van der Waals surface area contributed by atoms with E-state index in [1.165, 1.54) is 87.6 Å². The summed E-state index contributed by atoms with van der Waals surface area (Å²) < 4.78 is 0. The summed E-state index contributed by atoms with van der Waals surface area (Å²) in [5.74, 6) is 0. The Kier molecular flexibility index (Phi) is 13.3. The second-order valence-corrected chi connectivity index (χ2v) is 17.3. The van der Waals surface area contributed by atoms with Crippen LogP contribution < -0.4 is 0 Å². The molecule has 8 rings (SSSR count). The molecule has 0 saturated heterocycles. The van der Waals surface area contributed by atoms with Gasteiger partial charge in [0, 0.05) is 9.52 Å². The van der Waals surface area contributed by atoms with Gasteiger partial charge in [0.1, 0.15) is 0 Å². The molecule has 0 nitrogen and oxygen atoms in total. The molecule has 2 radical (unpaired) electrons. The molecule has 0 atom stereocenters. The first-order valence-corrected chi connectivity index (χ1v) is 25.0. The van der Waals surface area contributed by atoms with E-state index in [4.69, 9.17) is 17.0 Å². The van der Waals surface area contributed by atoms with Gasteiger partial charge in [-0.15, -0.1) is 56.9 Å². The minimum atomic E-state index is -0.826. The van der Waals surface area contributed by atoms with Crippen molar-refractivity contribution in [2.45, 2.75) is 47.2 Å². The Labute approximate surface area is 313 Å². The van der Waals surface area contributed by atoms with Crippen LogP contribution in [0.15, 0.2) is 133 Å². The number of hydrogen-bond acceptors (Lipinski definition) is 0. The molecule has 0 aliphatic carbocycles. The van der Waals surface area contributed by atoms with Gasteiger partial charge in [-0.2, -0.15) is 12.1 Å². The van der Waals surface area contributed by atoms with Gasteiger partial charge in [0.05, 0.1) is 0 Å². The Hall–Kier alpha value is -3.26. The van der Waals surface area contributed by atoms with Gasteiger partial charge in [-0.05, 0) is 65.1 Å². The Morgan fingerprint density at radius 3 is 1.45 bits per heavy atom. The molecule has 244 valence electrons. The van der Waals surface area contributed by atoms with Crippen molar-refractivity contribution in [1.82, 2.24) is 0 Å². The summed E-state index contributed by atoms with van der Waals surface area (Å²) in [5.41, 5.74) is 10.7. The van der Waals surface area contributed by atoms with E-state index in [-0.39, 0.29) is 0 Å². The van der Waals surface area contributed by atoms with Gasteiger partial charge in [-0.1, -0.05) is 134 Å². The number of benzene rings is 6. The van der Waals surface area contributed by atoms with Gasteiger partial charge in [0.15, 0.2) is 0 Å². The van der Waals surface area contributed by atoms with Crippen molar-refractivity contribution in [3.8, 4) is 22.3 Å². The van der Waals surface area contributed by atoms with Crippen LogP contribution in [0.5, 0.6) is 0 Å². The summed E-state index contributed by atoms with van der Waals surface area (Å²) >= 11 is -0.826. The molecular weight excluding hydrogens is 731 g/mol. The Balaban J connectivity index is 0.000000165. The maximum absolute atomic E-state index is 4.93. The quantitative estimate of drug-likeness (QED) is 0.124. The molecule has 8 aromatic rings. The van der Waals surface area contributed by atoms with Crippen molar-refractivity contribution in [3.05, 3.63) is 156 Å². The number of aryl methyl sites for hydroxylation is 4. The Morgan fingerprint density at radius 1 is 0.551 bits per heavy atom. The van der Waals surface area contributed by atoms with Gasteiger partial charge in [0.25, 0.3) is 0 Å². The molecule has 0 unspecified atom stereocenters. The summed E-state index contributed by atoms with van der Waals surface area (Å²) in [5, 5.41) is 10.6. The SMILES string of the molecule is CCc1cc2c(-c3ccc4ccccc4c3)cc(C)cc2[cH-]1.C[Si]C.Cc1cc(-c2ccc3ccccc3c2)c2cc(C)[cH-]c2c1.[Cl][Zr+2][Cl]. The van der Waals surface area contributed by atoms with Crippen LogP contribution in [0, 0.1) is 20.8 Å². The maximum atomic E-state index is 4.93. The van der Waals surface area contributed by atoms with Crippen LogP contribution in [-0.4, -0.2) is 9.52 Å². The van der Waals surface area contributed by atoms with E-state index in [0.717, 1.165) is 15.9 Å². The van der Waals surface area contributed by atoms with Crippen LogP contribution in [0.2, 0.25) is 13.1 Å². The first kappa shape index (κ1) is 37.0. The third kappa shape index (κ3) is 9.11. The average Bonchev–Trinajstić information content (AvgIpc) is 3.70. The van der Waals surface area contributed by atoms with E-state index in [2.05, 4.69) is 174 Å². The molecule has 0 amide bonds. The topological polar surface area (TPSA) is 0 Å². The van der Waals surface area contributed by atoms with Crippen LogP contribution in [-0.2, 0) is 27.3 Å². The Morgan fingerprint density at radius 2 is 0.980 bits per heavy atom. The zero-order valence-corrected chi connectivity index (χ0v) is 34.1. The van der Waals surface area contributed by atoms with Crippen molar-refractivity contribution in [3.63, 3.8) is 0 Å². The van der Waals surface area contributed by atoms with E-state index in [0.29, 0.717) is 0 Å². The van der Waals surface area contributed by atoms with E-state index in [1.807, 2.05) is 0 Å². The van der Waals surface area contributed by atoms with Crippen LogP contribution >= 0.6 is 17.0 Å². The molecule has 0 aromatic heterocycles. The normalized spacial score (nSPS) is 10.5. The first-order chi connectivity index (χ1) is 23.8. The van der Waals surface area contributed by atoms with Gasteiger partial charge >= 0.3 is 37.9 Å². The molecule has 0 aliphatic heterocycles. The van der Waals surface area contributed by atoms with Gasteiger partial charge in [-0.3, -0.25) is 0 Å². The first-order valence-electron chi connectivity index (χ1n) is 16.7. The molecule has 0 N–H and O–H groups in total. The molecule has 0 saturated carbocycles. The molecule has 0 spiro atoms. The summed E-state index contributed by atoms with van der Waals surface area (Å²) in [4.78, 5) is 0. The number of fused-ring (bicyclic) bond motifs is 4. The van der Waals surface area contributed by atoms with Crippen LogP contribution in [0.3, 0.4) is 0 Å². The zero-order chi connectivity index (χ0) is 34.9. The third-order valence-corrected chi connectivity index (χ3v) is 8.67. The molecular formula is C45H42Cl2SiZr. The molecule has 4 heteroatoms. The van der Waals surface area contributed by atoms with E-state index in [1.54, 1.807) is 0 Å². The molecule has 0 aliphatic rings. The molecule has 49 heavy (non-hydrogen) atoms. The summed E-state index contributed by atoms with van der Waals surface area (Å²) in [7, 11) is 11.0. The van der Waals surface area contributed by atoms with E-state index < -0.39 is 20.8 Å². The second-order valence-electron chi connectivity index (χ2n) is 12.6. The average molecular weight is 773 g/mol. The Bertz CT molecular complexity index is 2310. The van der Waals surface area contributed by atoms with Crippen LogP contribution in [0.1, 0.15) is 29.2 Å². The predicted molar refractivity (Wildman–Crippen MR) is 218 cm³/mol. The van der Waals surface area contributed by atoms with Gasteiger partial charge in [-0.25, -0.2) is 0 Å². The summed E-state index contributed by atoms with van der Waals surface area (Å²) in [6.07, 6.45) is 1.09. The van der Waals surface area contributed by atoms with Gasteiger partial charge < -0.3 is 0 Å². The predicted octanol–water partition coefficient (Wildman–Crippen LogP) is 14.4. The fourth-order valence-corrected chi connectivity index (χ4v) is 6.55. The van der Waals surface area contributed by atoms with Crippen molar-refractivity contribution >= 4 is 69.6 Å². The minimum absolute atomic E-state index is 0.826. The third-order valence-electron chi connectivity index (χ3n) is 8.67. The van der Waals surface area contributed by atoms with E-state index >= 15 is 0 Å². The van der Waals surface area contributed by atoms with Crippen molar-refractivity contribution in [2.75, 3.05) is 0 Å². The van der Waals surface area contributed by atoms with Crippen LogP contribution in [0.25, 0.3) is 65.3 Å². The van der Waals surface area contributed by atoms with E-state index in [9.17, 15) is 0 Å². The van der Waals surface area contributed by atoms with Crippen molar-refractivity contribution < 1.29 is 20.8 Å². The second kappa shape index (κ2) is 17.6. The van der Waals surface area contributed by atoms with Crippen molar-refractivity contribution in [1.29, 1.82) is 0 Å². The molecule has 0 bridgehead atoms. The zero-order valence-electron chi connectivity index (χ0n) is 29.2. The molecule has 0 heterocycles. The van der Waals surface area contributed by atoms with Crippen LogP contribution in [0.4, 0.5) is 0 Å². The number of halogens is 2. The van der Waals surface area contributed by atoms with Gasteiger partial charge in [0.2, 0.25) is 0 Å². The fraction of sp³-hybridized carbons (Fsp3) is 0.156. The molecule has 8 aromatic carbocycles. The fourth-order valence-electron chi connectivity index (χ4n) is 6.55. The number of hydrogen-bond donors (Lipinski definition) is 0. The monoisotopic (exact) mass is 770 g/mol. The standard InChI is InChI=1S/C22H19.C21H17.C2H6Si.2ClH.Zr/c1-3-16-12-20-10-15(2)11-21(22(20)13-16)19-9-8-17-6-4-5-7-18(17)14-19;1-14-9-19-10-15(2)12-21(19)20(11-14)18-8-7-16-5-3-4-6-17(16)13-18;1-3-2;;;/h4-14H,3H2,1-2H3;3-13H,1-2H3;1-2H3;2*1H;/q2*-1;;;;+4/p-2.